The lowest BCUT2D eigenvalue weighted by Crippen LogP contribution is -2.41. The van der Waals surface area contributed by atoms with E-state index in [0.29, 0.717) is 11.6 Å². The molecule has 21 heavy (non-hydrogen) atoms. The van der Waals surface area contributed by atoms with Crippen molar-refractivity contribution in [2.75, 3.05) is 13.6 Å². The number of benzene rings is 1. The van der Waals surface area contributed by atoms with E-state index in [-0.39, 0.29) is 16.0 Å². The molecule has 1 aliphatic rings. The highest BCUT2D eigenvalue weighted by molar-refractivity contribution is 7.89. The van der Waals surface area contributed by atoms with Gasteiger partial charge in [0.1, 0.15) is 4.90 Å². The predicted octanol–water partition coefficient (Wildman–Crippen LogP) is 3.28. The van der Waals surface area contributed by atoms with Gasteiger partial charge in [-0.1, -0.05) is 36.5 Å². The number of halogens is 2. The van der Waals surface area contributed by atoms with Crippen molar-refractivity contribution in [3.63, 3.8) is 0 Å². The summed E-state index contributed by atoms with van der Waals surface area (Å²) in [5.41, 5.74) is 0.739. The Morgan fingerprint density at radius 2 is 1.95 bits per heavy atom. The Morgan fingerprint density at radius 1 is 1.29 bits per heavy atom. The summed E-state index contributed by atoms with van der Waals surface area (Å²) in [4.78, 5) is 0.135. The Morgan fingerprint density at radius 3 is 2.48 bits per heavy atom. The van der Waals surface area contributed by atoms with Gasteiger partial charge < -0.3 is 5.32 Å². The Balaban J connectivity index is 2.37. The molecule has 0 amide bonds. The molecule has 0 saturated heterocycles. The minimum Gasteiger partial charge on any atom is -0.313 e. The highest BCUT2D eigenvalue weighted by Crippen LogP contribution is 2.34. The van der Waals surface area contributed by atoms with Gasteiger partial charge >= 0.3 is 0 Å². The average molecular weight is 351 g/mol. The molecular formula is C14H20Cl2N2O2S. The fourth-order valence-corrected chi connectivity index (χ4v) is 4.52. The molecule has 0 unspecified atom stereocenters. The molecule has 1 N–H and O–H groups in total. The van der Waals surface area contributed by atoms with Crippen molar-refractivity contribution in [1.82, 2.24) is 9.62 Å². The van der Waals surface area contributed by atoms with Crippen LogP contribution in [0.3, 0.4) is 0 Å². The Labute approximate surface area is 136 Å². The van der Waals surface area contributed by atoms with Crippen LogP contribution in [0.1, 0.15) is 31.7 Å². The molecular weight excluding hydrogens is 331 g/mol. The summed E-state index contributed by atoms with van der Waals surface area (Å²) in [6, 6.07) is 3.17. The lowest BCUT2D eigenvalue weighted by atomic mass is 9.94. The third-order valence-corrected chi connectivity index (χ3v) is 6.64. The van der Waals surface area contributed by atoms with E-state index in [1.807, 2.05) is 6.92 Å². The summed E-state index contributed by atoms with van der Waals surface area (Å²) in [7, 11) is -1.96. The van der Waals surface area contributed by atoms with E-state index in [0.717, 1.165) is 31.4 Å². The van der Waals surface area contributed by atoms with Crippen LogP contribution in [0.5, 0.6) is 0 Å². The van der Waals surface area contributed by atoms with Crippen LogP contribution in [-0.4, -0.2) is 32.4 Å². The highest BCUT2D eigenvalue weighted by atomic mass is 35.5. The van der Waals surface area contributed by atoms with Gasteiger partial charge in [0.05, 0.1) is 5.02 Å². The summed E-state index contributed by atoms with van der Waals surface area (Å²) >= 11 is 12.3. The van der Waals surface area contributed by atoms with E-state index < -0.39 is 10.0 Å². The molecule has 1 fully saturated rings. The Bertz CT molecular complexity index is 616. The minimum atomic E-state index is -3.58. The molecule has 4 nitrogen and oxygen atoms in total. The maximum absolute atomic E-state index is 12.7. The second-order valence-corrected chi connectivity index (χ2v) is 8.04. The molecule has 1 aromatic carbocycles. The number of nitrogens with zero attached hydrogens (tertiary/aromatic N) is 1. The second-order valence-electron chi connectivity index (χ2n) is 5.26. The number of rotatable bonds is 6. The van der Waals surface area contributed by atoms with Crippen molar-refractivity contribution in [3.05, 3.63) is 27.7 Å². The van der Waals surface area contributed by atoms with Crippen molar-refractivity contribution < 1.29 is 8.42 Å². The van der Waals surface area contributed by atoms with Crippen LogP contribution in [0.4, 0.5) is 0 Å². The Kier molecular flexibility index (Phi) is 5.54. The number of sulfonamides is 1. The quantitative estimate of drug-likeness (QED) is 0.856. The molecule has 0 aromatic heterocycles. The minimum absolute atomic E-state index is 0.0824. The number of hydrogen-bond donors (Lipinski definition) is 1. The van der Waals surface area contributed by atoms with Crippen LogP contribution in [0.15, 0.2) is 17.0 Å². The molecule has 0 spiro atoms. The van der Waals surface area contributed by atoms with Gasteiger partial charge in [-0.3, -0.25) is 0 Å². The monoisotopic (exact) mass is 350 g/mol. The molecule has 1 aromatic rings. The van der Waals surface area contributed by atoms with Crippen molar-refractivity contribution in [2.24, 2.45) is 0 Å². The molecule has 2 rings (SSSR count). The zero-order valence-corrected chi connectivity index (χ0v) is 14.5. The largest absolute Gasteiger partial charge is 0.313 e. The van der Waals surface area contributed by atoms with Crippen molar-refractivity contribution in [2.45, 2.75) is 43.7 Å². The fourth-order valence-electron chi connectivity index (χ4n) is 2.27. The molecule has 7 heteroatoms. The summed E-state index contributed by atoms with van der Waals surface area (Å²) in [5.74, 6) is 0. The maximum atomic E-state index is 12.7. The molecule has 0 atom stereocenters. The third-order valence-electron chi connectivity index (χ3n) is 3.91. The topological polar surface area (TPSA) is 49.4 Å². The van der Waals surface area contributed by atoms with Gasteiger partial charge in [0.2, 0.25) is 10.0 Å². The molecule has 0 aliphatic heterocycles. The third kappa shape index (κ3) is 3.54. The maximum Gasteiger partial charge on any atom is 0.244 e. The first kappa shape index (κ1) is 17.0. The van der Waals surface area contributed by atoms with Gasteiger partial charge in [-0.2, -0.15) is 4.31 Å². The molecule has 0 radical (unpaired) electrons. The average Bonchev–Trinajstić information content (AvgIpc) is 2.35. The molecule has 0 heterocycles. The molecule has 118 valence electrons. The summed E-state index contributed by atoms with van der Waals surface area (Å²) in [6.07, 6.45) is 2.89. The van der Waals surface area contributed by atoms with E-state index in [1.165, 1.54) is 10.4 Å². The van der Waals surface area contributed by atoms with Gasteiger partial charge in [-0.15, -0.1) is 0 Å². The standard InChI is InChI=1S/C14H20Cl2N2O2S/c1-3-17-9-10-7-14(13(16)8-12(10)15)21(19,20)18(2)11-5-4-6-11/h7-8,11,17H,3-6,9H2,1-2H3. The lowest BCUT2D eigenvalue weighted by Gasteiger charge is -2.34. The van der Waals surface area contributed by atoms with E-state index >= 15 is 0 Å². The predicted molar refractivity (Wildman–Crippen MR) is 86.4 cm³/mol. The van der Waals surface area contributed by atoms with Crippen LogP contribution in [0.25, 0.3) is 0 Å². The SMILES string of the molecule is CCNCc1cc(S(=O)(=O)N(C)C2CCC2)c(Cl)cc1Cl. The van der Waals surface area contributed by atoms with Gasteiger partial charge in [0, 0.05) is 24.7 Å². The zero-order chi connectivity index (χ0) is 15.6. The van der Waals surface area contributed by atoms with Crippen molar-refractivity contribution in [3.8, 4) is 0 Å². The van der Waals surface area contributed by atoms with Gasteiger partial charge in [-0.05, 0) is 37.1 Å². The Hall–Kier alpha value is -0.330. The number of hydrogen-bond acceptors (Lipinski definition) is 3. The van der Waals surface area contributed by atoms with Gasteiger partial charge in [0.25, 0.3) is 0 Å². The first-order valence-corrected chi connectivity index (χ1v) is 9.24. The van der Waals surface area contributed by atoms with Crippen LogP contribution < -0.4 is 5.32 Å². The van der Waals surface area contributed by atoms with E-state index in [9.17, 15) is 8.42 Å². The van der Waals surface area contributed by atoms with Gasteiger partial charge in [0.15, 0.2) is 0 Å². The van der Waals surface area contributed by atoms with Crippen molar-refractivity contribution >= 4 is 33.2 Å². The van der Waals surface area contributed by atoms with Gasteiger partial charge in [-0.25, -0.2) is 8.42 Å². The first-order valence-electron chi connectivity index (χ1n) is 7.04. The lowest BCUT2D eigenvalue weighted by molar-refractivity contribution is 0.249. The second kappa shape index (κ2) is 6.84. The summed E-state index contributed by atoms with van der Waals surface area (Å²) < 4.78 is 26.8. The molecule has 1 aliphatic carbocycles. The van der Waals surface area contributed by atoms with E-state index in [2.05, 4.69) is 5.32 Å². The van der Waals surface area contributed by atoms with E-state index in [4.69, 9.17) is 23.2 Å². The van der Waals surface area contributed by atoms with Crippen LogP contribution >= 0.6 is 23.2 Å². The molecule has 0 bridgehead atoms. The fraction of sp³-hybridized carbons (Fsp3) is 0.571. The van der Waals surface area contributed by atoms with Crippen LogP contribution in [0.2, 0.25) is 10.0 Å². The first-order chi connectivity index (χ1) is 9.87. The van der Waals surface area contributed by atoms with Crippen LogP contribution in [-0.2, 0) is 16.6 Å². The summed E-state index contributed by atoms with van der Waals surface area (Å²) in [5, 5.41) is 3.79. The molecule has 1 saturated carbocycles. The van der Waals surface area contributed by atoms with E-state index in [1.54, 1.807) is 13.1 Å². The zero-order valence-electron chi connectivity index (χ0n) is 12.2. The smallest absolute Gasteiger partial charge is 0.244 e. The number of nitrogens with one attached hydrogen (secondary N) is 1. The van der Waals surface area contributed by atoms with Crippen LogP contribution in [0, 0.1) is 0 Å². The normalized spacial score (nSPS) is 16.2. The summed E-state index contributed by atoms with van der Waals surface area (Å²) in [6.45, 7) is 3.27. The van der Waals surface area contributed by atoms with Crippen molar-refractivity contribution in [1.29, 1.82) is 0 Å². The highest BCUT2D eigenvalue weighted by Gasteiger charge is 2.33.